The zero-order valence-electron chi connectivity index (χ0n) is 19.0. The van der Waals surface area contributed by atoms with Gasteiger partial charge >= 0.3 is 12.2 Å². The summed E-state index contributed by atoms with van der Waals surface area (Å²) in [6.45, 7) is 3.40. The van der Waals surface area contributed by atoms with Gasteiger partial charge in [0, 0.05) is 41.7 Å². The molecule has 3 aromatic heterocycles. The number of hydrogen-bond acceptors (Lipinski definition) is 5. The zero-order chi connectivity index (χ0) is 24.6. The molecule has 1 aromatic carbocycles. The number of alkyl halides is 3. The van der Waals surface area contributed by atoms with Crippen LogP contribution in [0.15, 0.2) is 61.2 Å². The molecule has 1 atom stereocenters. The number of pyridine rings is 1. The van der Waals surface area contributed by atoms with Crippen LogP contribution in [0.25, 0.3) is 22.0 Å². The molecule has 1 unspecified atom stereocenters. The number of halogens is 3. The number of aromatic amines is 1. The molecule has 2 N–H and O–H groups in total. The van der Waals surface area contributed by atoms with Gasteiger partial charge in [0.15, 0.2) is 5.60 Å². The average Bonchev–Trinajstić information content (AvgIpc) is 3.20. The number of rotatable bonds is 7. The van der Waals surface area contributed by atoms with E-state index in [1.54, 1.807) is 75.0 Å². The molecule has 6 nitrogen and oxygen atoms in total. The Kier molecular flexibility index (Phi) is 6.07. The van der Waals surface area contributed by atoms with E-state index in [0.717, 1.165) is 16.5 Å². The van der Waals surface area contributed by atoms with Gasteiger partial charge in [-0.2, -0.15) is 13.2 Å². The van der Waals surface area contributed by atoms with E-state index in [4.69, 9.17) is 4.74 Å². The first kappa shape index (κ1) is 23.7. The summed E-state index contributed by atoms with van der Waals surface area (Å²) < 4.78 is 47.4. The van der Waals surface area contributed by atoms with E-state index < -0.39 is 30.0 Å². The monoisotopic (exact) mass is 470 g/mol. The van der Waals surface area contributed by atoms with E-state index in [9.17, 15) is 18.3 Å². The quantitative estimate of drug-likeness (QED) is 0.386. The highest BCUT2D eigenvalue weighted by Crippen LogP contribution is 2.43. The molecule has 4 rings (SSSR count). The molecule has 0 aliphatic heterocycles. The molecule has 0 amide bonds. The van der Waals surface area contributed by atoms with Gasteiger partial charge in [-0.25, -0.2) is 9.97 Å². The molecule has 0 saturated heterocycles. The van der Waals surface area contributed by atoms with E-state index in [1.807, 2.05) is 0 Å². The maximum absolute atomic E-state index is 14.1. The van der Waals surface area contributed by atoms with Crippen molar-refractivity contribution in [2.75, 3.05) is 7.11 Å². The molecule has 0 aliphatic carbocycles. The Labute approximate surface area is 194 Å². The van der Waals surface area contributed by atoms with Crippen molar-refractivity contribution in [3.8, 4) is 17.1 Å². The fourth-order valence-corrected chi connectivity index (χ4v) is 4.22. The first-order valence-electron chi connectivity index (χ1n) is 10.7. The second-order valence-corrected chi connectivity index (χ2v) is 9.06. The number of hydrogen-bond donors (Lipinski definition) is 2. The Morgan fingerprint density at radius 3 is 2.24 bits per heavy atom. The third kappa shape index (κ3) is 4.75. The van der Waals surface area contributed by atoms with Gasteiger partial charge in [-0.1, -0.05) is 38.1 Å². The summed E-state index contributed by atoms with van der Waals surface area (Å²) in [5, 5.41) is 11.7. The van der Waals surface area contributed by atoms with Gasteiger partial charge in [0.25, 0.3) is 0 Å². The number of ether oxygens (including phenoxy) is 1. The maximum Gasteiger partial charge on any atom is 0.417 e. The van der Waals surface area contributed by atoms with Crippen LogP contribution in [-0.4, -0.2) is 43.9 Å². The lowest BCUT2D eigenvalue weighted by molar-refractivity contribution is -0.266. The smallest absolute Gasteiger partial charge is 0.417 e. The summed E-state index contributed by atoms with van der Waals surface area (Å²) in [5.74, 6) is 0. The molecule has 0 spiro atoms. The molecule has 9 heteroatoms. The second kappa shape index (κ2) is 8.72. The lowest BCUT2D eigenvalue weighted by Gasteiger charge is -2.38. The maximum atomic E-state index is 14.1. The molecular formula is C25H25F3N4O2. The first-order chi connectivity index (χ1) is 16.0. The normalized spacial score (nSPS) is 14.2. The lowest BCUT2D eigenvalue weighted by atomic mass is 9.73. The number of nitrogens with one attached hydrogen (secondary N) is 1. The summed E-state index contributed by atoms with van der Waals surface area (Å²) in [7, 11) is 1.48. The third-order valence-corrected chi connectivity index (χ3v) is 6.04. The highest BCUT2D eigenvalue weighted by molar-refractivity contribution is 5.79. The van der Waals surface area contributed by atoms with Crippen LogP contribution in [0.2, 0.25) is 0 Å². The predicted octanol–water partition coefficient (Wildman–Crippen LogP) is 5.23. The summed E-state index contributed by atoms with van der Waals surface area (Å²) >= 11 is 0. The van der Waals surface area contributed by atoms with Crippen molar-refractivity contribution in [3.63, 3.8) is 0 Å². The van der Waals surface area contributed by atoms with E-state index in [2.05, 4.69) is 19.9 Å². The fourth-order valence-electron chi connectivity index (χ4n) is 4.22. The zero-order valence-corrected chi connectivity index (χ0v) is 19.0. The van der Waals surface area contributed by atoms with Crippen LogP contribution in [-0.2, 0) is 11.8 Å². The van der Waals surface area contributed by atoms with Crippen LogP contribution in [0.3, 0.4) is 0 Å². The molecule has 178 valence electrons. The molecule has 0 radical (unpaired) electrons. The minimum atomic E-state index is -4.82. The minimum absolute atomic E-state index is 0.249. The van der Waals surface area contributed by atoms with Crippen LogP contribution in [0.4, 0.5) is 13.2 Å². The Morgan fingerprint density at radius 2 is 1.65 bits per heavy atom. The molecule has 34 heavy (non-hydrogen) atoms. The van der Waals surface area contributed by atoms with Crippen LogP contribution < -0.4 is 4.74 Å². The van der Waals surface area contributed by atoms with Crippen LogP contribution in [0.5, 0.6) is 6.01 Å². The highest BCUT2D eigenvalue weighted by atomic mass is 19.4. The van der Waals surface area contributed by atoms with Crippen molar-refractivity contribution in [1.82, 2.24) is 19.9 Å². The molecule has 0 fully saturated rings. The molecule has 3 heterocycles. The first-order valence-corrected chi connectivity index (χ1v) is 10.7. The van der Waals surface area contributed by atoms with Crippen LogP contribution >= 0.6 is 0 Å². The largest absolute Gasteiger partial charge is 0.467 e. The fraction of sp³-hybridized carbons (Fsp3) is 0.320. The van der Waals surface area contributed by atoms with Gasteiger partial charge in [-0.3, -0.25) is 4.98 Å². The summed E-state index contributed by atoms with van der Waals surface area (Å²) in [5.41, 5.74) is -0.715. The SMILES string of the molecule is COc1ncc(-c2ccc(C(C)(C)CC(O)(Cc3cc4ccncc4[nH]3)C(F)(F)F)cc2)cn1. The Bertz CT molecular complexity index is 1240. The minimum Gasteiger partial charge on any atom is -0.467 e. The Hall–Kier alpha value is -3.46. The third-order valence-electron chi connectivity index (χ3n) is 6.04. The molecule has 4 aromatic rings. The van der Waals surface area contributed by atoms with Gasteiger partial charge in [0.05, 0.1) is 18.8 Å². The predicted molar refractivity (Wildman–Crippen MR) is 122 cm³/mol. The average molecular weight is 470 g/mol. The second-order valence-electron chi connectivity index (χ2n) is 9.06. The number of benzene rings is 1. The molecule has 0 bridgehead atoms. The van der Waals surface area contributed by atoms with E-state index in [0.29, 0.717) is 16.8 Å². The Morgan fingerprint density at radius 1 is 0.971 bits per heavy atom. The molecule has 0 saturated carbocycles. The summed E-state index contributed by atoms with van der Waals surface area (Å²) in [4.78, 5) is 15.1. The van der Waals surface area contributed by atoms with Crippen molar-refractivity contribution in [3.05, 3.63) is 72.4 Å². The number of H-pyrrole nitrogens is 1. The van der Waals surface area contributed by atoms with E-state index in [1.165, 1.54) is 7.11 Å². The van der Waals surface area contributed by atoms with Crippen molar-refractivity contribution < 1.29 is 23.0 Å². The highest BCUT2D eigenvalue weighted by Gasteiger charge is 2.56. The topological polar surface area (TPSA) is 83.9 Å². The lowest BCUT2D eigenvalue weighted by Crippen LogP contribution is -2.50. The number of nitrogens with zero attached hydrogens (tertiary/aromatic N) is 3. The van der Waals surface area contributed by atoms with Crippen LogP contribution in [0, 0.1) is 0 Å². The van der Waals surface area contributed by atoms with Crippen molar-refractivity contribution >= 4 is 10.9 Å². The van der Waals surface area contributed by atoms with E-state index in [-0.39, 0.29) is 6.01 Å². The van der Waals surface area contributed by atoms with Gasteiger partial charge in [-0.05, 0) is 35.1 Å². The number of aromatic nitrogens is 4. The van der Waals surface area contributed by atoms with Gasteiger partial charge in [0.2, 0.25) is 0 Å². The Balaban J connectivity index is 1.58. The standard InChI is InChI=1S/C25H25F3N4O2/c1-23(2,19-6-4-16(5-7-19)18-12-30-22(34-3)31-13-18)15-24(33,25(26,27)28)11-20-10-17-8-9-29-14-21(17)32-20/h4-10,12-14,32-33H,11,15H2,1-3H3. The van der Waals surface area contributed by atoms with Crippen molar-refractivity contribution in [2.45, 2.75) is 43.9 Å². The number of methoxy groups -OCH3 is 1. The van der Waals surface area contributed by atoms with Gasteiger partial charge in [0.1, 0.15) is 0 Å². The van der Waals surface area contributed by atoms with Gasteiger partial charge in [-0.15, -0.1) is 0 Å². The van der Waals surface area contributed by atoms with E-state index >= 15 is 0 Å². The van der Waals surface area contributed by atoms with Crippen molar-refractivity contribution in [2.24, 2.45) is 0 Å². The number of aliphatic hydroxyl groups is 1. The van der Waals surface area contributed by atoms with Crippen molar-refractivity contribution in [1.29, 1.82) is 0 Å². The van der Waals surface area contributed by atoms with Crippen LogP contribution in [0.1, 0.15) is 31.5 Å². The molecule has 0 aliphatic rings. The van der Waals surface area contributed by atoms with Gasteiger partial charge < -0.3 is 14.8 Å². The molecular weight excluding hydrogens is 445 g/mol. The summed E-state index contributed by atoms with van der Waals surface area (Å²) in [6, 6.07) is 10.7. The number of fused-ring (bicyclic) bond motifs is 1. The summed E-state index contributed by atoms with van der Waals surface area (Å²) in [6.07, 6.45) is 0.429.